The SMILES string of the molecule is N[C@@H](C[S@@](=O)CC(=O)O)C(=O)O. The first-order valence-electron chi connectivity index (χ1n) is 2.98. The van der Waals surface area contributed by atoms with Crippen molar-refractivity contribution in [2.75, 3.05) is 11.5 Å². The van der Waals surface area contributed by atoms with Crippen molar-refractivity contribution >= 4 is 22.7 Å². The molecule has 0 unspecified atom stereocenters. The van der Waals surface area contributed by atoms with Gasteiger partial charge in [-0.3, -0.25) is 13.8 Å². The summed E-state index contributed by atoms with van der Waals surface area (Å²) in [5.74, 6) is -3.41. The van der Waals surface area contributed by atoms with Gasteiger partial charge in [0.2, 0.25) is 0 Å². The Labute approximate surface area is 70.8 Å². The van der Waals surface area contributed by atoms with Crippen LogP contribution in [-0.4, -0.2) is 43.9 Å². The topological polar surface area (TPSA) is 118 Å². The van der Waals surface area contributed by atoms with E-state index >= 15 is 0 Å². The molecule has 0 bridgehead atoms. The van der Waals surface area contributed by atoms with Gasteiger partial charge in [-0.1, -0.05) is 0 Å². The Bertz CT molecular complexity index is 216. The highest BCUT2D eigenvalue weighted by Crippen LogP contribution is 1.87. The van der Waals surface area contributed by atoms with Gasteiger partial charge in [0.15, 0.2) is 0 Å². The van der Waals surface area contributed by atoms with E-state index in [9.17, 15) is 13.8 Å². The zero-order valence-electron chi connectivity index (χ0n) is 6.10. The van der Waals surface area contributed by atoms with Crippen molar-refractivity contribution in [2.45, 2.75) is 6.04 Å². The number of carbonyl (C=O) groups is 2. The Morgan fingerprint density at radius 2 is 1.92 bits per heavy atom. The van der Waals surface area contributed by atoms with Gasteiger partial charge in [-0.15, -0.1) is 0 Å². The second-order valence-electron chi connectivity index (χ2n) is 2.09. The average molecular weight is 195 g/mol. The zero-order valence-corrected chi connectivity index (χ0v) is 6.91. The third-order valence-electron chi connectivity index (χ3n) is 0.967. The molecule has 0 saturated carbocycles. The van der Waals surface area contributed by atoms with Crippen molar-refractivity contribution in [3.05, 3.63) is 0 Å². The Kier molecular flexibility index (Phi) is 4.45. The molecule has 0 fully saturated rings. The molecule has 4 N–H and O–H groups in total. The number of hydrogen-bond acceptors (Lipinski definition) is 4. The van der Waals surface area contributed by atoms with Gasteiger partial charge in [0.05, 0.1) is 5.75 Å². The molecule has 0 spiro atoms. The van der Waals surface area contributed by atoms with Crippen molar-refractivity contribution in [2.24, 2.45) is 5.73 Å². The summed E-state index contributed by atoms with van der Waals surface area (Å²) < 4.78 is 10.8. The predicted molar refractivity (Wildman–Crippen MR) is 41.1 cm³/mol. The van der Waals surface area contributed by atoms with Crippen LogP contribution < -0.4 is 5.73 Å². The van der Waals surface area contributed by atoms with Crippen molar-refractivity contribution in [1.29, 1.82) is 0 Å². The van der Waals surface area contributed by atoms with Crippen LogP contribution in [-0.2, 0) is 20.4 Å². The van der Waals surface area contributed by atoms with Gasteiger partial charge in [-0.2, -0.15) is 0 Å². The minimum atomic E-state index is -1.71. The van der Waals surface area contributed by atoms with Crippen molar-refractivity contribution in [1.82, 2.24) is 0 Å². The van der Waals surface area contributed by atoms with Crippen molar-refractivity contribution < 1.29 is 24.0 Å². The van der Waals surface area contributed by atoms with Crippen LogP contribution in [0.1, 0.15) is 0 Å². The molecule has 0 aromatic heterocycles. The van der Waals surface area contributed by atoms with Crippen molar-refractivity contribution in [3.8, 4) is 0 Å². The van der Waals surface area contributed by atoms with Crippen LogP contribution in [0, 0.1) is 0 Å². The molecule has 0 aromatic rings. The highest BCUT2D eigenvalue weighted by atomic mass is 32.2. The fraction of sp³-hybridized carbons (Fsp3) is 0.600. The van der Waals surface area contributed by atoms with Gasteiger partial charge in [-0.25, -0.2) is 0 Å². The fourth-order valence-corrected chi connectivity index (χ4v) is 1.40. The van der Waals surface area contributed by atoms with Crippen LogP contribution >= 0.6 is 0 Å². The first-order valence-corrected chi connectivity index (χ1v) is 4.47. The molecule has 6 nitrogen and oxygen atoms in total. The second kappa shape index (κ2) is 4.83. The number of carboxylic acid groups (broad SMARTS) is 2. The van der Waals surface area contributed by atoms with Gasteiger partial charge < -0.3 is 15.9 Å². The van der Waals surface area contributed by atoms with E-state index in [2.05, 4.69) is 0 Å². The van der Waals surface area contributed by atoms with Crippen LogP contribution in [0.3, 0.4) is 0 Å². The number of rotatable bonds is 5. The van der Waals surface area contributed by atoms with Gasteiger partial charge in [0.25, 0.3) is 0 Å². The maximum absolute atomic E-state index is 10.8. The smallest absolute Gasteiger partial charge is 0.321 e. The molecule has 0 aromatic carbocycles. The normalized spacial score (nSPS) is 15.1. The maximum Gasteiger partial charge on any atom is 0.321 e. The van der Waals surface area contributed by atoms with E-state index < -0.39 is 34.5 Å². The minimum Gasteiger partial charge on any atom is -0.481 e. The van der Waals surface area contributed by atoms with E-state index in [1.807, 2.05) is 0 Å². The standard InChI is InChI=1S/C5H9NO5S/c6-3(5(9)10)1-12(11)2-4(7)8/h3H,1-2,6H2,(H,7,8)(H,9,10)/t3-,12+/m0/s1. The Hall–Kier alpha value is -0.950. The highest BCUT2D eigenvalue weighted by molar-refractivity contribution is 7.85. The van der Waals surface area contributed by atoms with E-state index in [-0.39, 0.29) is 5.75 Å². The molecular weight excluding hydrogens is 186 g/mol. The summed E-state index contributed by atoms with van der Waals surface area (Å²) in [5, 5.41) is 16.4. The molecule has 0 amide bonds. The van der Waals surface area contributed by atoms with E-state index in [0.29, 0.717) is 0 Å². The molecule has 0 aliphatic rings. The number of hydrogen-bond donors (Lipinski definition) is 3. The van der Waals surface area contributed by atoms with Crippen LogP contribution in [0.15, 0.2) is 0 Å². The molecular formula is C5H9NO5S. The number of nitrogens with two attached hydrogens (primary N) is 1. The van der Waals surface area contributed by atoms with E-state index in [1.165, 1.54) is 0 Å². The molecule has 0 aliphatic heterocycles. The lowest BCUT2D eigenvalue weighted by Gasteiger charge is -2.03. The molecule has 7 heteroatoms. The van der Waals surface area contributed by atoms with Gasteiger partial charge in [-0.05, 0) is 0 Å². The molecule has 0 rings (SSSR count). The summed E-state index contributed by atoms with van der Waals surface area (Å²) in [7, 11) is -1.71. The van der Waals surface area contributed by atoms with E-state index in [4.69, 9.17) is 15.9 Å². The largest absolute Gasteiger partial charge is 0.481 e. The predicted octanol–water partition coefficient (Wildman–Crippen LogP) is -1.77. The van der Waals surface area contributed by atoms with Gasteiger partial charge in [0.1, 0.15) is 11.8 Å². The summed E-state index contributed by atoms with van der Waals surface area (Å²) in [4.78, 5) is 20.1. The monoisotopic (exact) mass is 195 g/mol. The first kappa shape index (κ1) is 11.1. The van der Waals surface area contributed by atoms with Crippen LogP contribution in [0.4, 0.5) is 0 Å². The van der Waals surface area contributed by atoms with E-state index in [0.717, 1.165) is 0 Å². The molecule has 0 saturated heterocycles. The fourth-order valence-electron chi connectivity index (χ4n) is 0.468. The minimum absolute atomic E-state index is 0.332. The lowest BCUT2D eigenvalue weighted by Crippen LogP contribution is -2.36. The summed E-state index contributed by atoms with van der Waals surface area (Å²) in [6, 6.07) is -1.26. The molecule has 12 heavy (non-hydrogen) atoms. The van der Waals surface area contributed by atoms with Gasteiger partial charge in [0, 0.05) is 10.8 Å². The quantitative estimate of drug-likeness (QED) is 0.478. The summed E-state index contributed by atoms with van der Waals surface area (Å²) >= 11 is 0. The lowest BCUT2D eigenvalue weighted by molar-refractivity contribution is -0.138. The molecule has 0 heterocycles. The Morgan fingerprint density at radius 3 is 2.25 bits per heavy atom. The third-order valence-corrected chi connectivity index (χ3v) is 2.27. The van der Waals surface area contributed by atoms with Gasteiger partial charge >= 0.3 is 11.9 Å². The summed E-state index contributed by atoms with van der Waals surface area (Å²) in [5.41, 5.74) is 5.01. The Morgan fingerprint density at radius 1 is 1.42 bits per heavy atom. The third kappa shape index (κ3) is 4.80. The molecule has 0 radical (unpaired) electrons. The summed E-state index contributed by atoms with van der Waals surface area (Å²) in [6.07, 6.45) is 0. The number of carboxylic acids is 2. The molecule has 70 valence electrons. The lowest BCUT2D eigenvalue weighted by atomic mass is 10.4. The van der Waals surface area contributed by atoms with Crippen LogP contribution in [0.25, 0.3) is 0 Å². The first-order chi connectivity index (χ1) is 5.43. The van der Waals surface area contributed by atoms with Crippen molar-refractivity contribution in [3.63, 3.8) is 0 Å². The summed E-state index contributed by atoms with van der Waals surface area (Å²) in [6.45, 7) is 0. The van der Waals surface area contributed by atoms with E-state index in [1.54, 1.807) is 0 Å². The average Bonchev–Trinajstić information content (AvgIpc) is 1.84. The van der Waals surface area contributed by atoms with Crippen LogP contribution in [0.2, 0.25) is 0 Å². The Balaban J connectivity index is 3.85. The molecule has 2 atom stereocenters. The second-order valence-corrected chi connectivity index (χ2v) is 3.59. The number of aliphatic carboxylic acids is 2. The zero-order chi connectivity index (χ0) is 9.72. The molecule has 0 aliphatic carbocycles. The maximum atomic E-state index is 10.8. The van der Waals surface area contributed by atoms with Crippen LogP contribution in [0.5, 0.6) is 0 Å². The highest BCUT2D eigenvalue weighted by Gasteiger charge is 2.16.